The van der Waals surface area contributed by atoms with Crippen LogP contribution in [0.3, 0.4) is 0 Å². The van der Waals surface area contributed by atoms with Crippen LogP contribution < -0.4 is 10.1 Å². The Morgan fingerprint density at radius 2 is 2.08 bits per heavy atom. The van der Waals surface area contributed by atoms with Gasteiger partial charge in [0.05, 0.1) is 13.2 Å². The monoisotopic (exact) mass is 370 g/mol. The summed E-state index contributed by atoms with van der Waals surface area (Å²) >= 11 is 5.88. The molecular formula is C18H15ClN4O3. The maximum atomic E-state index is 12.4. The minimum absolute atomic E-state index is 0.230. The van der Waals surface area contributed by atoms with Gasteiger partial charge in [0.25, 0.3) is 5.91 Å². The molecule has 132 valence electrons. The molecule has 0 spiro atoms. The highest BCUT2D eigenvalue weighted by atomic mass is 35.5. The van der Waals surface area contributed by atoms with Crippen LogP contribution in [-0.2, 0) is 17.9 Å². The van der Waals surface area contributed by atoms with Crippen molar-refractivity contribution in [2.75, 3.05) is 12.1 Å². The Balaban J connectivity index is 1.43. The van der Waals surface area contributed by atoms with E-state index in [-0.39, 0.29) is 18.6 Å². The third-order valence-electron chi connectivity index (χ3n) is 3.90. The quantitative estimate of drug-likeness (QED) is 0.763. The lowest BCUT2D eigenvalue weighted by Crippen LogP contribution is -2.16. The molecule has 1 N–H and O–H groups in total. The van der Waals surface area contributed by atoms with Gasteiger partial charge in [-0.3, -0.25) is 10.1 Å². The summed E-state index contributed by atoms with van der Waals surface area (Å²) in [7, 11) is 0. The second-order valence-corrected chi connectivity index (χ2v) is 6.22. The maximum absolute atomic E-state index is 12.4. The second kappa shape index (κ2) is 7.15. The molecule has 0 bridgehead atoms. The molecule has 2 aromatic carbocycles. The van der Waals surface area contributed by atoms with Crippen molar-refractivity contribution in [3.63, 3.8) is 0 Å². The third-order valence-corrected chi connectivity index (χ3v) is 4.15. The van der Waals surface area contributed by atoms with E-state index in [1.807, 2.05) is 24.3 Å². The highest BCUT2D eigenvalue weighted by Crippen LogP contribution is 2.24. The fourth-order valence-electron chi connectivity index (χ4n) is 2.61. The topological polar surface area (TPSA) is 78.3 Å². The molecule has 1 amide bonds. The zero-order chi connectivity index (χ0) is 17.9. The van der Waals surface area contributed by atoms with Gasteiger partial charge in [-0.15, -0.1) is 5.10 Å². The summed E-state index contributed by atoms with van der Waals surface area (Å²) in [6.07, 6.45) is 1.57. The number of rotatable bonds is 4. The third kappa shape index (κ3) is 3.68. The normalized spacial score (nSPS) is 13.0. The van der Waals surface area contributed by atoms with E-state index < -0.39 is 0 Å². The predicted molar refractivity (Wildman–Crippen MR) is 95.3 cm³/mol. The van der Waals surface area contributed by atoms with Gasteiger partial charge >= 0.3 is 0 Å². The SMILES string of the molecule is O=C(Nc1ncn(Cc2ccc(Cl)cc2)n1)c1ccc2c(c1)COCO2. The molecule has 1 aromatic heterocycles. The van der Waals surface area contributed by atoms with Gasteiger partial charge in [-0.25, -0.2) is 9.67 Å². The summed E-state index contributed by atoms with van der Waals surface area (Å²) in [4.78, 5) is 16.5. The molecule has 0 saturated carbocycles. The Labute approximate surface area is 154 Å². The van der Waals surface area contributed by atoms with Gasteiger partial charge in [-0.2, -0.15) is 0 Å². The first-order chi connectivity index (χ1) is 12.7. The summed E-state index contributed by atoms with van der Waals surface area (Å²) in [6.45, 7) is 1.19. The number of hydrogen-bond acceptors (Lipinski definition) is 5. The van der Waals surface area contributed by atoms with Gasteiger partial charge in [0, 0.05) is 16.1 Å². The number of carbonyl (C=O) groups is 1. The summed E-state index contributed by atoms with van der Waals surface area (Å²) in [6, 6.07) is 12.7. The molecule has 4 rings (SSSR count). The van der Waals surface area contributed by atoms with Crippen LogP contribution >= 0.6 is 11.6 Å². The highest BCUT2D eigenvalue weighted by Gasteiger charge is 2.15. The molecule has 0 unspecified atom stereocenters. The summed E-state index contributed by atoms with van der Waals surface area (Å²) < 4.78 is 12.2. The number of hydrogen-bond donors (Lipinski definition) is 1. The van der Waals surface area contributed by atoms with E-state index in [0.717, 1.165) is 16.9 Å². The molecule has 1 aliphatic rings. The van der Waals surface area contributed by atoms with E-state index in [2.05, 4.69) is 15.4 Å². The largest absolute Gasteiger partial charge is 0.467 e. The van der Waals surface area contributed by atoms with Crippen molar-refractivity contribution >= 4 is 23.5 Å². The molecule has 8 heteroatoms. The molecule has 1 aliphatic heterocycles. The predicted octanol–water partition coefficient (Wildman–Crippen LogP) is 3.10. The Bertz CT molecular complexity index is 940. The van der Waals surface area contributed by atoms with Crippen molar-refractivity contribution in [1.82, 2.24) is 14.8 Å². The summed E-state index contributed by atoms with van der Waals surface area (Å²) in [5.74, 6) is 0.690. The second-order valence-electron chi connectivity index (χ2n) is 5.78. The molecule has 0 saturated heterocycles. The number of nitrogens with one attached hydrogen (secondary N) is 1. The molecule has 2 heterocycles. The number of anilines is 1. The number of nitrogens with zero attached hydrogens (tertiary/aromatic N) is 3. The molecule has 0 atom stereocenters. The summed E-state index contributed by atoms with van der Waals surface area (Å²) in [5, 5.41) is 7.65. The average molecular weight is 371 g/mol. The van der Waals surface area contributed by atoms with Crippen molar-refractivity contribution in [2.45, 2.75) is 13.2 Å². The number of carbonyl (C=O) groups excluding carboxylic acids is 1. The van der Waals surface area contributed by atoms with Crippen molar-refractivity contribution < 1.29 is 14.3 Å². The number of amides is 1. The van der Waals surface area contributed by atoms with E-state index in [1.54, 1.807) is 29.2 Å². The summed E-state index contributed by atoms with van der Waals surface area (Å²) in [5.41, 5.74) is 2.36. The fraction of sp³-hybridized carbons (Fsp3) is 0.167. The Morgan fingerprint density at radius 3 is 2.92 bits per heavy atom. The number of aromatic nitrogens is 3. The molecule has 3 aromatic rings. The van der Waals surface area contributed by atoms with Gasteiger partial charge in [-0.05, 0) is 35.9 Å². The van der Waals surface area contributed by atoms with Crippen LogP contribution in [0, 0.1) is 0 Å². The van der Waals surface area contributed by atoms with E-state index >= 15 is 0 Å². The standard InChI is InChI=1S/C18H15ClN4O3/c19-15-4-1-12(2-5-15)8-23-10-20-18(22-23)21-17(24)13-3-6-16-14(7-13)9-25-11-26-16/h1-7,10H,8-9,11H2,(H,21,22,24). The van der Waals surface area contributed by atoms with Crippen LogP contribution in [0.15, 0.2) is 48.8 Å². The first kappa shape index (κ1) is 16.6. The number of halogens is 1. The average Bonchev–Trinajstić information content (AvgIpc) is 3.10. The van der Waals surface area contributed by atoms with Gasteiger partial charge < -0.3 is 9.47 Å². The van der Waals surface area contributed by atoms with E-state index in [9.17, 15) is 4.79 Å². The number of benzene rings is 2. The minimum Gasteiger partial charge on any atom is -0.467 e. The van der Waals surface area contributed by atoms with Crippen LogP contribution in [-0.4, -0.2) is 27.5 Å². The molecule has 0 aliphatic carbocycles. The molecular weight excluding hydrogens is 356 g/mol. The highest BCUT2D eigenvalue weighted by molar-refractivity contribution is 6.30. The van der Waals surface area contributed by atoms with Gasteiger partial charge in [0.15, 0.2) is 6.79 Å². The van der Waals surface area contributed by atoms with E-state index in [1.165, 1.54) is 0 Å². The maximum Gasteiger partial charge on any atom is 0.258 e. The van der Waals surface area contributed by atoms with Crippen LogP contribution in [0.2, 0.25) is 5.02 Å². The lowest BCUT2D eigenvalue weighted by molar-refractivity contribution is -0.0163. The van der Waals surface area contributed by atoms with Gasteiger partial charge in [0.1, 0.15) is 12.1 Å². The smallest absolute Gasteiger partial charge is 0.258 e. The van der Waals surface area contributed by atoms with Crippen LogP contribution in [0.1, 0.15) is 21.5 Å². The zero-order valence-corrected chi connectivity index (χ0v) is 14.4. The van der Waals surface area contributed by atoms with E-state index in [0.29, 0.717) is 23.7 Å². The van der Waals surface area contributed by atoms with Crippen LogP contribution in [0.25, 0.3) is 0 Å². The number of ether oxygens (including phenoxy) is 2. The lowest BCUT2D eigenvalue weighted by atomic mass is 10.1. The Hall–Kier alpha value is -2.90. The molecule has 26 heavy (non-hydrogen) atoms. The molecule has 7 nitrogen and oxygen atoms in total. The molecule has 0 radical (unpaired) electrons. The fourth-order valence-corrected chi connectivity index (χ4v) is 2.74. The first-order valence-electron chi connectivity index (χ1n) is 7.96. The van der Waals surface area contributed by atoms with Crippen molar-refractivity contribution in [3.8, 4) is 5.75 Å². The lowest BCUT2D eigenvalue weighted by Gasteiger charge is -2.17. The Kier molecular flexibility index (Phi) is 4.55. The van der Waals surface area contributed by atoms with Crippen molar-refractivity contribution in [2.24, 2.45) is 0 Å². The minimum atomic E-state index is -0.289. The Morgan fingerprint density at radius 1 is 1.23 bits per heavy atom. The zero-order valence-electron chi connectivity index (χ0n) is 13.7. The first-order valence-corrected chi connectivity index (χ1v) is 8.34. The van der Waals surface area contributed by atoms with Crippen LogP contribution in [0.5, 0.6) is 5.75 Å². The van der Waals surface area contributed by atoms with Crippen LogP contribution in [0.4, 0.5) is 5.95 Å². The van der Waals surface area contributed by atoms with Gasteiger partial charge in [-0.1, -0.05) is 23.7 Å². The number of fused-ring (bicyclic) bond motifs is 1. The van der Waals surface area contributed by atoms with Crippen molar-refractivity contribution in [1.29, 1.82) is 0 Å². The molecule has 0 fully saturated rings. The van der Waals surface area contributed by atoms with Gasteiger partial charge in [0.2, 0.25) is 5.95 Å². The van der Waals surface area contributed by atoms with Crippen molar-refractivity contribution in [3.05, 3.63) is 70.5 Å². The van der Waals surface area contributed by atoms with E-state index in [4.69, 9.17) is 21.1 Å².